The number of benzene rings is 2. The summed E-state index contributed by atoms with van der Waals surface area (Å²) in [6.45, 7) is -0.390. The van der Waals surface area contributed by atoms with Crippen molar-refractivity contribution in [3.8, 4) is 17.9 Å². The number of rotatable bonds is 6. The van der Waals surface area contributed by atoms with Gasteiger partial charge in [-0.1, -0.05) is 11.8 Å². The number of aliphatic hydroxyl groups is 1. The Morgan fingerprint density at radius 3 is 2.32 bits per heavy atom. The van der Waals surface area contributed by atoms with E-state index in [1.165, 1.54) is 6.07 Å². The summed E-state index contributed by atoms with van der Waals surface area (Å²) in [4.78, 5) is 13.0. The first-order chi connectivity index (χ1) is 17.1. The molecule has 0 radical (unpaired) electrons. The number of hydrogen-bond donors (Lipinski definition) is 3. The minimum absolute atomic E-state index is 0.112. The van der Waals surface area contributed by atoms with Crippen LogP contribution in [0, 0.1) is 29.0 Å². The first-order valence-corrected chi connectivity index (χ1v) is 10.8. The molecule has 5 nitrogen and oxygen atoms in total. The smallest absolute Gasteiger partial charge is 0.369 e. The Kier molecular flexibility index (Phi) is 7.84. The molecule has 0 heterocycles. The fourth-order valence-corrected chi connectivity index (χ4v) is 3.94. The number of anilines is 1. The van der Waals surface area contributed by atoms with Gasteiger partial charge in [-0.3, -0.25) is 4.79 Å². The van der Waals surface area contributed by atoms with Crippen molar-refractivity contribution in [1.82, 2.24) is 0 Å². The van der Waals surface area contributed by atoms with E-state index in [2.05, 4.69) is 34.3 Å². The molecule has 0 spiro atoms. The number of hydrogen-bond acceptors (Lipinski definition) is 5. The van der Waals surface area contributed by atoms with E-state index in [-0.39, 0.29) is 18.4 Å². The van der Waals surface area contributed by atoms with Crippen LogP contribution in [0.3, 0.4) is 0 Å². The van der Waals surface area contributed by atoms with Gasteiger partial charge in [0.1, 0.15) is 12.4 Å². The average molecular weight is 546 g/mol. The minimum Gasteiger partial charge on any atom is -0.369 e. The Balaban J connectivity index is 1.98. The second-order valence-corrected chi connectivity index (χ2v) is 8.67. The lowest BCUT2D eigenvalue weighted by Crippen LogP contribution is -2.45. The summed E-state index contributed by atoms with van der Waals surface area (Å²) in [5, 5.41) is 22.2. The lowest BCUT2D eigenvalue weighted by Gasteiger charge is -2.28. The van der Waals surface area contributed by atoms with E-state index in [0.29, 0.717) is 24.3 Å². The summed E-state index contributed by atoms with van der Waals surface area (Å²) in [5.74, 6) is 2.21. The maximum absolute atomic E-state index is 14.6. The standard InChI is InChI=1S/C24H17F7N2O3S/c25-19-5-3-15(23(26,27)28)10-18(19)21(7-8-21)13-22(35,6-1-9-36-37)20(34)33-16-4-2-14(12-32)17(11-16)24(29,30)31/h2-5,10-11,35,37H,7-9,13H2,(H,33,34). The molecule has 1 unspecified atom stereocenters. The molecule has 1 fully saturated rings. The highest BCUT2D eigenvalue weighted by molar-refractivity contribution is 7.75. The molecule has 1 aliphatic rings. The van der Waals surface area contributed by atoms with Crippen LogP contribution in [0.5, 0.6) is 0 Å². The molecule has 2 aromatic carbocycles. The number of carbonyl (C=O) groups is 1. The van der Waals surface area contributed by atoms with Crippen LogP contribution >= 0.6 is 12.9 Å². The van der Waals surface area contributed by atoms with Crippen molar-refractivity contribution in [2.24, 2.45) is 0 Å². The molecule has 2 N–H and O–H groups in total. The molecule has 1 amide bonds. The molecule has 0 aromatic heterocycles. The largest absolute Gasteiger partial charge is 0.417 e. The third-order valence-corrected chi connectivity index (χ3v) is 5.95. The maximum atomic E-state index is 14.6. The lowest BCUT2D eigenvalue weighted by molar-refractivity contribution is -0.138. The van der Waals surface area contributed by atoms with Crippen LogP contribution in [0.1, 0.15) is 41.5 Å². The molecule has 2 aromatic rings. The first-order valence-electron chi connectivity index (χ1n) is 10.4. The number of nitrogens with zero attached hydrogens (tertiary/aromatic N) is 1. The van der Waals surface area contributed by atoms with Gasteiger partial charge in [-0.15, -0.1) is 0 Å². The SMILES string of the molecule is N#Cc1ccc(NC(=O)C(O)(C#CCOS)CC2(c3cc(C(F)(F)F)ccc3F)CC2)cc1C(F)(F)F. The van der Waals surface area contributed by atoms with Crippen LogP contribution in [0.25, 0.3) is 0 Å². The molecule has 0 saturated heterocycles. The van der Waals surface area contributed by atoms with Gasteiger partial charge in [0, 0.05) is 17.5 Å². The highest BCUT2D eigenvalue weighted by atomic mass is 32.1. The van der Waals surface area contributed by atoms with Crippen LogP contribution in [-0.4, -0.2) is 23.2 Å². The fraction of sp³-hybridized carbons (Fsp3) is 0.333. The average Bonchev–Trinajstić information content (AvgIpc) is 3.58. The lowest BCUT2D eigenvalue weighted by atomic mass is 9.82. The van der Waals surface area contributed by atoms with Crippen molar-refractivity contribution in [1.29, 1.82) is 5.26 Å². The summed E-state index contributed by atoms with van der Waals surface area (Å²) in [5.41, 5.74) is -8.05. The molecule has 13 heteroatoms. The molecule has 1 aliphatic carbocycles. The molecule has 0 aliphatic heterocycles. The minimum atomic E-state index is -4.93. The van der Waals surface area contributed by atoms with Crippen molar-refractivity contribution in [3.63, 3.8) is 0 Å². The molecule has 1 atom stereocenters. The Bertz CT molecular complexity index is 1300. The molecule has 0 bridgehead atoms. The first kappa shape index (κ1) is 28.3. The number of amides is 1. The van der Waals surface area contributed by atoms with Gasteiger partial charge >= 0.3 is 12.4 Å². The zero-order valence-electron chi connectivity index (χ0n) is 18.6. The number of nitriles is 1. The fourth-order valence-electron chi connectivity index (χ4n) is 3.87. The van der Waals surface area contributed by atoms with Crippen molar-refractivity contribution < 1.29 is 44.8 Å². The molecule has 37 heavy (non-hydrogen) atoms. The third-order valence-electron chi connectivity index (χ3n) is 5.82. The summed E-state index contributed by atoms with van der Waals surface area (Å²) in [6.07, 6.45) is -10.1. The monoisotopic (exact) mass is 546 g/mol. The third kappa shape index (κ3) is 6.36. The zero-order chi connectivity index (χ0) is 27.6. The Morgan fingerprint density at radius 1 is 1.11 bits per heavy atom. The topological polar surface area (TPSA) is 82.4 Å². The van der Waals surface area contributed by atoms with Crippen LogP contribution in [0.15, 0.2) is 36.4 Å². The summed E-state index contributed by atoms with van der Waals surface area (Å²) in [7, 11) is 0. The maximum Gasteiger partial charge on any atom is 0.417 e. The number of halogens is 7. The van der Waals surface area contributed by atoms with E-state index in [1.54, 1.807) is 0 Å². The van der Waals surface area contributed by atoms with E-state index in [4.69, 9.17) is 5.26 Å². The van der Waals surface area contributed by atoms with Crippen molar-refractivity contribution >= 4 is 24.5 Å². The second kappa shape index (κ2) is 10.2. The normalized spacial score (nSPS) is 16.1. The number of carbonyl (C=O) groups excluding carboxylic acids is 1. The summed E-state index contributed by atoms with van der Waals surface area (Å²) in [6, 6.07) is 5.47. The highest BCUT2D eigenvalue weighted by Gasteiger charge is 2.54. The van der Waals surface area contributed by atoms with Gasteiger partial charge in [0.15, 0.2) is 0 Å². The van der Waals surface area contributed by atoms with Gasteiger partial charge in [0.25, 0.3) is 5.91 Å². The summed E-state index contributed by atoms with van der Waals surface area (Å²) >= 11 is 3.47. The summed E-state index contributed by atoms with van der Waals surface area (Å²) < 4.78 is 98.6. The van der Waals surface area contributed by atoms with Gasteiger partial charge in [-0.2, -0.15) is 31.6 Å². The van der Waals surface area contributed by atoms with E-state index in [9.17, 15) is 40.6 Å². The number of thiol groups is 1. The quantitative estimate of drug-likeness (QED) is 0.196. The Morgan fingerprint density at radius 2 is 1.78 bits per heavy atom. The van der Waals surface area contributed by atoms with E-state index >= 15 is 0 Å². The molecular weight excluding hydrogens is 529 g/mol. The van der Waals surface area contributed by atoms with Gasteiger partial charge in [0.05, 0.1) is 22.8 Å². The van der Waals surface area contributed by atoms with Gasteiger partial charge < -0.3 is 14.6 Å². The van der Waals surface area contributed by atoms with Crippen LogP contribution in [0.2, 0.25) is 0 Å². The van der Waals surface area contributed by atoms with E-state index in [0.717, 1.165) is 12.1 Å². The molecular formula is C24H17F7N2O3S. The van der Waals surface area contributed by atoms with Crippen molar-refractivity contribution in [3.05, 3.63) is 64.5 Å². The highest BCUT2D eigenvalue weighted by Crippen LogP contribution is 2.55. The molecule has 1 saturated carbocycles. The molecule has 196 valence electrons. The predicted octanol–water partition coefficient (Wildman–Crippen LogP) is 5.39. The molecule has 3 rings (SSSR count). The zero-order valence-corrected chi connectivity index (χ0v) is 19.5. The number of nitrogens with one attached hydrogen (secondary N) is 1. The van der Waals surface area contributed by atoms with Crippen LogP contribution in [0.4, 0.5) is 36.4 Å². The van der Waals surface area contributed by atoms with Gasteiger partial charge in [0.2, 0.25) is 5.60 Å². The predicted molar refractivity (Wildman–Crippen MR) is 119 cm³/mol. The van der Waals surface area contributed by atoms with E-state index in [1.807, 2.05) is 0 Å². The van der Waals surface area contributed by atoms with Crippen molar-refractivity contribution in [2.75, 3.05) is 11.9 Å². The van der Waals surface area contributed by atoms with Crippen LogP contribution in [-0.2, 0) is 26.7 Å². The van der Waals surface area contributed by atoms with Gasteiger partial charge in [-0.25, -0.2) is 4.39 Å². The van der Waals surface area contributed by atoms with Gasteiger partial charge in [-0.05, 0) is 67.7 Å². The second-order valence-electron chi connectivity index (χ2n) is 8.41. The van der Waals surface area contributed by atoms with Crippen molar-refractivity contribution in [2.45, 2.75) is 42.6 Å². The Hall–Kier alpha value is -3.26. The Labute approximate surface area is 211 Å². The van der Waals surface area contributed by atoms with Crippen LogP contribution < -0.4 is 5.32 Å². The number of alkyl halides is 6. The van der Waals surface area contributed by atoms with E-state index < -0.39 is 70.5 Å².